The third-order valence-electron chi connectivity index (χ3n) is 5.12. The molecule has 0 aromatic carbocycles. The first-order valence-electron chi connectivity index (χ1n) is 10.3. The SMILES string of the molecule is C#CC.C/C=C1/OC2(CCN(C(=O)N(CC)CC)CC2)CC(=O)/C1=C/C(C)C. The van der Waals surface area contributed by atoms with Crippen LogP contribution in [-0.2, 0) is 9.53 Å². The van der Waals surface area contributed by atoms with Crippen molar-refractivity contribution in [3.8, 4) is 12.3 Å². The van der Waals surface area contributed by atoms with Crippen molar-refractivity contribution in [1.82, 2.24) is 9.80 Å². The number of hydrogen-bond acceptors (Lipinski definition) is 3. The predicted octanol–water partition coefficient (Wildman–Crippen LogP) is 4.40. The summed E-state index contributed by atoms with van der Waals surface area (Å²) in [5, 5.41) is 0. The zero-order valence-corrected chi connectivity index (χ0v) is 18.4. The van der Waals surface area contributed by atoms with E-state index in [1.54, 1.807) is 6.92 Å². The summed E-state index contributed by atoms with van der Waals surface area (Å²) in [5.41, 5.74) is 0.262. The van der Waals surface area contributed by atoms with Gasteiger partial charge in [-0.25, -0.2) is 4.79 Å². The van der Waals surface area contributed by atoms with E-state index in [4.69, 9.17) is 4.74 Å². The minimum Gasteiger partial charge on any atom is -0.486 e. The van der Waals surface area contributed by atoms with Crippen molar-refractivity contribution in [2.24, 2.45) is 5.92 Å². The second-order valence-corrected chi connectivity index (χ2v) is 7.59. The van der Waals surface area contributed by atoms with Crippen molar-refractivity contribution in [2.45, 2.75) is 66.4 Å². The highest BCUT2D eigenvalue weighted by atomic mass is 16.5. The number of piperidine rings is 1. The molecule has 5 heteroatoms. The molecule has 5 nitrogen and oxygen atoms in total. The molecule has 0 aromatic heterocycles. The van der Waals surface area contributed by atoms with Gasteiger partial charge in [-0.2, -0.15) is 0 Å². The Morgan fingerprint density at radius 3 is 2.29 bits per heavy atom. The zero-order chi connectivity index (χ0) is 21.3. The maximum Gasteiger partial charge on any atom is 0.319 e. The maximum absolute atomic E-state index is 12.7. The number of rotatable bonds is 3. The molecule has 0 radical (unpaired) electrons. The zero-order valence-electron chi connectivity index (χ0n) is 18.4. The van der Waals surface area contributed by atoms with Crippen molar-refractivity contribution < 1.29 is 14.3 Å². The Labute approximate surface area is 170 Å². The van der Waals surface area contributed by atoms with E-state index in [1.165, 1.54) is 0 Å². The number of terminal acetylenes is 1. The molecule has 2 amide bonds. The van der Waals surface area contributed by atoms with E-state index in [2.05, 4.69) is 26.2 Å². The van der Waals surface area contributed by atoms with Crippen molar-refractivity contribution in [1.29, 1.82) is 0 Å². The third-order valence-corrected chi connectivity index (χ3v) is 5.12. The van der Waals surface area contributed by atoms with E-state index < -0.39 is 5.60 Å². The van der Waals surface area contributed by atoms with Gasteiger partial charge in [0, 0.05) is 39.0 Å². The van der Waals surface area contributed by atoms with Crippen molar-refractivity contribution in [3.63, 3.8) is 0 Å². The molecule has 2 aliphatic heterocycles. The Morgan fingerprint density at radius 2 is 1.86 bits per heavy atom. The lowest BCUT2D eigenvalue weighted by molar-refractivity contribution is -0.129. The number of likely N-dealkylation sites (tertiary alicyclic amines) is 1. The summed E-state index contributed by atoms with van der Waals surface area (Å²) >= 11 is 0. The molecule has 0 aliphatic carbocycles. The largest absolute Gasteiger partial charge is 0.486 e. The predicted molar refractivity (Wildman–Crippen MR) is 114 cm³/mol. The van der Waals surface area contributed by atoms with Gasteiger partial charge in [-0.3, -0.25) is 4.79 Å². The lowest BCUT2D eigenvalue weighted by Gasteiger charge is -2.45. The molecule has 0 bridgehead atoms. The lowest BCUT2D eigenvalue weighted by Crippen LogP contribution is -2.53. The highest BCUT2D eigenvalue weighted by molar-refractivity contribution is 6.00. The Hall–Kier alpha value is -2.22. The summed E-state index contributed by atoms with van der Waals surface area (Å²) in [6.07, 6.45) is 10.3. The van der Waals surface area contributed by atoms with Crippen LogP contribution in [0.25, 0.3) is 0 Å². The number of carbonyl (C=O) groups is 2. The smallest absolute Gasteiger partial charge is 0.319 e. The molecule has 2 saturated heterocycles. The van der Waals surface area contributed by atoms with Gasteiger partial charge in [0.25, 0.3) is 0 Å². The van der Waals surface area contributed by atoms with Gasteiger partial charge in [0.1, 0.15) is 11.4 Å². The fourth-order valence-electron chi connectivity index (χ4n) is 3.65. The molecule has 2 aliphatic rings. The van der Waals surface area contributed by atoms with Crippen LogP contribution in [0.2, 0.25) is 0 Å². The number of ether oxygens (including phenoxy) is 1. The highest BCUT2D eigenvalue weighted by Gasteiger charge is 2.45. The Bertz CT molecular complexity index is 643. The number of Topliss-reactive ketones (excluding diaryl/α,β-unsaturated/α-hetero) is 1. The monoisotopic (exact) mass is 388 g/mol. The number of carbonyl (C=O) groups excluding carboxylic acids is 2. The van der Waals surface area contributed by atoms with Crippen LogP contribution >= 0.6 is 0 Å². The minimum atomic E-state index is -0.451. The van der Waals surface area contributed by atoms with E-state index >= 15 is 0 Å². The van der Waals surface area contributed by atoms with Crippen LogP contribution in [-0.4, -0.2) is 53.4 Å². The maximum atomic E-state index is 12.7. The summed E-state index contributed by atoms with van der Waals surface area (Å²) in [6, 6.07) is 0.0913. The molecule has 0 N–H and O–H groups in total. The molecule has 2 heterocycles. The molecule has 0 unspecified atom stereocenters. The second kappa shape index (κ2) is 10.9. The van der Waals surface area contributed by atoms with E-state index in [0.29, 0.717) is 49.6 Å². The van der Waals surface area contributed by atoms with Crippen LogP contribution in [0.3, 0.4) is 0 Å². The highest BCUT2D eigenvalue weighted by Crippen LogP contribution is 2.40. The van der Waals surface area contributed by atoms with E-state index in [-0.39, 0.29) is 11.8 Å². The van der Waals surface area contributed by atoms with Gasteiger partial charge in [0.05, 0.1) is 12.0 Å². The quantitative estimate of drug-likeness (QED) is 0.532. The summed E-state index contributed by atoms with van der Waals surface area (Å²) < 4.78 is 6.31. The second-order valence-electron chi connectivity index (χ2n) is 7.59. The number of hydrogen-bond donors (Lipinski definition) is 0. The molecule has 156 valence electrons. The molecule has 1 spiro atoms. The lowest BCUT2D eigenvalue weighted by atomic mass is 9.81. The molecule has 2 rings (SSSR count). The summed E-state index contributed by atoms with van der Waals surface area (Å²) in [4.78, 5) is 29.0. The van der Waals surface area contributed by atoms with Gasteiger partial charge in [-0.05, 0) is 39.7 Å². The number of ketones is 1. The van der Waals surface area contributed by atoms with Crippen LogP contribution < -0.4 is 0 Å². The van der Waals surface area contributed by atoms with E-state index in [1.807, 2.05) is 42.7 Å². The number of urea groups is 1. The standard InChI is InChI=1S/C20H32N2O3.C3H4/c1-6-18-16(13-15(4)5)17(23)14-20(25-18)9-11-22(12-10-20)19(24)21(7-2)8-3;1-3-2/h6,13,15H,7-12,14H2,1-5H3;1H,2H3/b16-13-,18-6+;. The fourth-order valence-corrected chi connectivity index (χ4v) is 3.65. The first-order valence-corrected chi connectivity index (χ1v) is 10.3. The van der Waals surface area contributed by atoms with E-state index in [0.717, 1.165) is 13.1 Å². The minimum absolute atomic E-state index is 0.0913. The van der Waals surface area contributed by atoms with Gasteiger partial charge >= 0.3 is 6.03 Å². The van der Waals surface area contributed by atoms with Crippen LogP contribution in [0, 0.1) is 18.3 Å². The summed E-state index contributed by atoms with van der Waals surface area (Å²) in [5.74, 6) is 3.42. The van der Waals surface area contributed by atoms with Gasteiger partial charge in [-0.1, -0.05) is 19.9 Å². The number of nitrogens with zero attached hydrogens (tertiary/aromatic N) is 2. The number of amides is 2. The average molecular weight is 389 g/mol. The van der Waals surface area contributed by atoms with Gasteiger partial charge in [0.15, 0.2) is 5.78 Å². The van der Waals surface area contributed by atoms with Gasteiger partial charge in [0.2, 0.25) is 0 Å². The third kappa shape index (κ3) is 5.89. The first kappa shape index (κ1) is 23.8. The summed E-state index contributed by atoms with van der Waals surface area (Å²) in [7, 11) is 0. The molecule has 0 aromatic rings. The van der Waals surface area contributed by atoms with Gasteiger partial charge in [-0.15, -0.1) is 12.3 Å². The Morgan fingerprint density at radius 1 is 1.32 bits per heavy atom. The molecule has 0 saturated carbocycles. The normalized spacial score (nSPS) is 21.2. The van der Waals surface area contributed by atoms with Crippen molar-refractivity contribution in [2.75, 3.05) is 26.2 Å². The van der Waals surface area contributed by atoms with Crippen molar-refractivity contribution >= 4 is 11.8 Å². The average Bonchev–Trinajstić information content (AvgIpc) is 2.66. The molecule has 0 atom stereocenters. The van der Waals surface area contributed by atoms with Crippen LogP contribution in [0.15, 0.2) is 23.5 Å². The molecule has 2 fully saturated rings. The Balaban J connectivity index is 0.00000122. The fraction of sp³-hybridized carbons (Fsp3) is 0.652. The van der Waals surface area contributed by atoms with E-state index in [9.17, 15) is 9.59 Å². The first-order chi connectivity index (χ1) is 13.3. The number of allylic oxidation sites excluding steroid dienone is 3. The van der Waals surface area contributed by atoms with Crippen LogP contribution in [0.1, 0.15) is 60.8 Å². The summed E-state index contributed by atoms with van der Waals surface area (Å²) in [6.45, 7) is 14.4. The van der Waals surface area contributed by atoms with Crippen LogP contribution in [0.5, 0.6) is 0 Å². The van der Waals surface area contributed by atoms with Crippen molar-refractivity contribution in [3.05, 3.63) is 23.5 Å². The topological polar surface area (TPSA) is 49.9 Å². The Kier molecular flexibility index (Phi) is 9.31. The van der Waals surface area contributed by atoms with Crippen LogP contribution in [0.4, 0.5) is 4.79 Å². The van der Waals surface area contributed by atoms with Gasteiger partial charge < -0.3 is 14.5 Å². The molecular weight excluding hydrogens is 352 g/mol. The molecule has 28 heavy (non-hydrogen) atoms. The molecular formula is C23H36N2O3.